The summed E-state index contributed by atoms with van der Waals surface area (Å²) in [7, 11) is 3.30. The molecule has 0 bridgehead atoms. The number of urea groups is 1. The molecule has 17 heavy (non-hydrogen) atoms. The van der Waals surface area contributed by atoms with Gasteiger partial charge in [0, 0.05) is 7.05 Å². The highest BCUT2D eigenvalue weighted by atomic mass is 16.4. The number of hydrogen-bond donors (Lipinski definition) is 2. The number of likely N-dealkylation sites (N-methyl/N-ethyl adjacent to an activating group) is 2. The molecular formula is C9H14N4O4. The Bertz CT molecular complexity index is 385. The van der Waals surface area contributed by atoms with Crippen LogP contribution in [0.15, 0.2) is 0 Å². The molecule has 94 valence electrons. The predicted molar refractivity (Wildman–Crippen MR) is 55.8 cm³/mol. The lowest BCUT2D eigenvalue weighted by Gasteiger charge is -2.40. The molecule has 2 fully saturated rings. The second kappa shape index (κ2) is 3.97. The summed E-state index contributed by atoms with van der Waals surface area (Å²) >= 11 is 0. The second-order valence-electron chi connectivity index (χ2n) is 4.22. The molecular weight excluding hydrogens is 228 g/mol. The van der Waals surface area contributed by atoms with Crippen LogP contribution in [-0.2, 0) is 9.59 Å². The zero-order valence-corrected chi connectivity index (χ0v) is 9.58. The van der Waals surface area contributed by atoms with E-state index < -0.39 is 30.5 Å². The van der Waals surface area contributed by atoms with Crippen LogP contribution < -0.4 is 5.32 Å². The maximum Gasteiger partial charge on any atom is 0.328 e. The highest BCUT2D eigenvalue weighted by Crippen LogP contribution is 2.21. The van der Waals surface area contributed by atoms with Crippen LogP contribution in [0.4, 0.5) is 4.79 Å². The first-order valence-corrected chi connectivity index (χ1v) is 5.17. The molecule has 2 atom stereocenters. The Balaban J connectivity index is 2.27. The van der Waals surface area contributed by atoms with Gasteiger partial charge >= 0.3 is 12.0 Å². The van der Waals surface area contributed by atoms with Gasteiger partial charge in [0.2, 0.25) is 0 Å². The highest BCUT2D eigenvalue weighted by molar-refractivity contribution is 6.02. The molecule has 2 heterocycles. The van der Waals surface area contributed by atoms with Gasteiger partial charge in [0.1, 0.15) is 18.8 Å². The summed E-state index contributed by atoms with van der Waals surface area (Å²) in [5.41, 5.74) is 0. The van der Waals surface area contributed by atoms with Gasteiger partial charge in [-0.25, -0.2) is 4.79 Å². The number of carboxylic acids is 1. The lowest BCUT2D eigenvalue weighted by molar-refractivity contribution is -0.146. The first-order valence-electron chi connectivity index (χ1n) is 5.17. The number of imide groups is 1. The van der Waals surface area contributed by atoms with Crippen molar-refractivity contribution in [1.29, 1.82) is 0 Å². The van der Waals surface area contributed by atoms with Crippen LogP contribution in [0.2, 0.25) is 0 Å². The van der Waals surface area contributed by atoms with Crippen molar-refractivity contribution < 1.29 is 19.5 Å². The van der Waals surface area contributed by atoms with Gasteiger partial charge in [0.05, 0.1) is 6.67 Å². The monoisotopic (exact) mass is 242 g/mol. The van der Waals surface area contributed by atoms with Crippen LogP contribution in [0.1, 0.15) is 0 Å². The summed E-state index contributed by atoms with van der Waals surface area (Å²) in [6, 6.07) is -1.10. The van der Waals surface area contributed by atoms with Gasteiger partial charge in [0.25, 0.3) is 5.91 Å². The Morgan fingerprint density at radius 3 is 2.71 bits per heavy atom. The summed E-state index contributed by atoms with van der Waals surface area (Å²) in [5.74, 6) is -1.67. The van der Waals surface area contributed by atoms with Crippen LogP contribution in [0, 0.1) is 0 Å². The largest absolute Gasteiger partial charge is 0.480 e. The summed E-state index contributed by atoms with van der Waals surface area (Å²) in [4.78, 5) is 38.4. The fourth-order valence-corrected chi connectivity index (χ4v) is 2.20. The van der Waals surface area contributed by atoms with E-state index in [4.69, 9.17) is 5.11 Å². The van der Waals surface area contributed by atoms with Crippen molar-refractivity contribution in [2.45, 2.75) is 12.2 Å². The molecule has 0 saturated carbocycles. The molecule has 2 unspecified atom stereocenters. The number of fused-ring (bicyclic) bond motifs is 1. The van der Waals surface area contributed by atoms with Crippen molar-refractivity contribution in [3.63, 3.8) is 0 Å². The van der Waals surface area contributed by atoms with Crippen molar-refractivity contribution in [3.8, 4) is 0 Å². The molecule has 0 aromatic carbocycles. The number of hydrogen-bond acceptors (Lipinski definition) is 5. The third-order valence-corrected chi connectivity index (χ3v) is 3.09. The number of rotatable bonds is 2. The lowest BCUT2D eigenvalue weighted by Crippen LogP contribution is -2.66. The molecule has 2 aliphatic rings. The van der Waals surface area contributed by atoms with Gasteiger partial charge in [0.15, 0.2) is 0 Å². The van der Waals surface area contributed by atoms with Gasteiger partial charge in [-0.3, -0.25) is 24.7 Å². The smallest absolute Gasteiger partial charge is 0.328 e. The fourth-order valence-electron chi connectivity index (χ4n) is 2.20. The van der Waals surface area contributed by atoms with Crippen LogP contribution in [0.25, 0.3) is 0 Å². The first kappa shape index (κ1) is 11.8. The van der Waals surface area contributed by atoms with Crippen molar-refractivity contribution in [3.05, 3.63) is 0 Å². The van der Waals surface area contributed by atoms with Crippen molar-refractivity contribution in [1.82, 2.24) is 20.0 Å². The van der Waals surface area contributed by atoms with Crippen LogP contribution >= 0.6 is 0 Å². The predicted octanol–water partition coefficient (Wildman–Crippen LogP) is -1.85. The summed E-state index contributed by atoms with van der Waals surface area (Å²) < 4.78 is 0. The van der Waals surface area contributed by atoms with Crippen LogP contribution in [0.5, 0.6) is 0 Å². The van der Waals surface area contributed by atoms with Crippen molar-refractivity contribution in [2.24, 2.45) is 0 Å². The van der Waals surface area contributed by atoms with E-state index in [1.807, 2.05) is 0 Å². The van der Waals surface area contributed by atoms with Crippen molar-refractivity contribution >= 4 is 17.9 Å². The Kier molecular flexibility index (Phi) is 2.76. The third kappa shape index (κ3) is 1.75. The zero-order valence-electron chi connectivity index (χ0n) is 9.58. The number of nitrogens with one attached hydrogen (secondary N) is 1. The van der Waals surface area contributed by atoms with E-state index in [1.54, 1.807) is 19.0 Å². The topological polar surface area (TPSA) is 93.2 Å². The lowest BCUT2D eigenvalue weighted by atomic mass is 10.1. The number of amides is 3. The molecule has 8 heteroatoms. The van der Waals surface area contributed by atoms with Gasteiger partial charge in [-0.2, -0.15) is 0 Å². The molecule has 8 nitrogen and oxygen atoms in total. The van der Waals surface area contributed by atoms with E-state index in [2.05, 4.69) is 5.32 Å². The van der Waals surface area contributed by atoms with E-state index in [0.717, 1.165) is 4.90 Å². The first-order chi connectivity index (χ1) is 7.93. The zero-order chi connectivity index (χ0) is 12.7. The minimum absolute atomic E-state index is 0.384. The summed E-state index contributed by atoms with van der Waals surface area (Å²) in [6.07, 6.45) is -0.384. The average Bonchev–Trinajstić information content (AvgIpc) is 2.63. The Hall–Kier alpha value is -1.67. The van der Waals surface area contributed by atoms with E-state index in [9.17, 15) is 14.4 Å². The summed E-state index contributed by atoms with van der Waals surface area (Å²) in [5, 5.41) is 11.7. The van der Waals surface area contributed by atoms with E-state index in [-0.39, 0.29) is 6.17 Å². The van der Waals surface area contributed by atoms with Crippen molar-refractivity contribution in [2.75, 3.05) is 27.3 Å². The Morgan fingerprint density at radius 1 is 1.47 bits per heavy atom. The molecule has 2 aliphatic heterocycles. The van der Waals surface area contributed by atoms with Crippen LogP contribution in [-0.4, -0.2) is 77.2 Å². The van der Waals surface area contributed by atoms with Gasteiger partial charge in [-0.15, -0.1) is 0 Å². The summed E-state index contributed by atoms with van der Waals surface area (Å²) in [6.45, 7) is -0.112. The Morgan fingerprint density at radius 2 is 2.12 bits per heavy atom. The molecule has 0 radical (unpaired) electrons. The molecule has 3 amide bonds. The molecule has 0 aliphatic carbocycles. The quantitative estimate of drug-likeness (QED) is 0.590. The molecule has 2 N–H and O–H groups in total. The van der Waals surface area contributed by atoms with Gasteiger partial charge < -0.3 is 10.0 Å². The molecule has 0 aromatic rings. The normalized spacial score (nSPS) is 29.8. The third-order valence-electron chi connectivity index (χ3n) is 3.09. The van der Waals surface area contributed by atoms with E-state index in [1.165, 1.54) is 4.90 Å². The standard InChI is InChI=1S/C9H14N4O4/c1-11-4-10-7-6(11)8(16)13(3-5(14)15)9(17)12(7)2/h6-7,10H,3-4H2,1-2H3,(H,14,15). The number of nitrogens with zero attached hydrogens (tertiary/aromatic N) is 3. The number of carbonyl (C=O) groups is 3. The number of carboxylic acid groups (broad SMARTS) is 1. The Labute approximate surface area is 97.8 Å². The van der Waals surface area contributed by atoms with Gasteiger partial charge in [-0.1, -0.05) is 0 Å². The molecule has 2 rings (SSSR count). The van der Waals surface area contributed by atoms with Gasteiger partial charge in [-0.05, 0) is 7.05 Å². The molecule has 0 aromatic heterocycles. The minimum atomic E-state index is -1.20. The highest BCUT2D eigenvalue weighted by Gasteiger charge is 2.49. The van der Waals surface area contributed by atoms with E-state index >= 15 is 0 Å². The molecule has 2 saturated heterocycles. The minimum Gasteiger partial charge on any atom is -0.480 e. The fraction of sp³-hybridized carbons (Fsp3) is 0.667. The van der Waals surface area contributed by atoms with Crippen LogP contribution in [0.3, 0.4) is 0 Å². The van der Waals surface area contributed by atoms with E-state index in [0.29, 0.717) is 6.67 Å². The number of aliphatic carboxylic acids is 1. The number of carbonyl (C=O) groups excluding carboxylic acids is 2. The maximum atomic E-state index is 12.0. The maximum absolute atomic E-state index is 12.0. The SMILES string of the molecule is CN1CNC2C1C(=O)N(CC(=O)O)C(=O)N2C. The molecule has 0 spiro atoms. The average molecular weight is 242 g/mol. The second-order valence-corrected chi connectivity index (χ2v) is 4.22.